The number of aromatic nitrogens is 1. The third kappa shape index (κ3) is 2.59. The lowest BCUT2D eigenvalue weighted by Crippen LogP contribution is -2.14. The first kappa shape index (κ1) is 11.1. The number of para-hydroxylation sites is 1. The van der Waals surface area contributed by atoms with Gasteiger partial charge in [0.1, 0.15) is 11.0 Å². The zero-order chi connectivity index (χ0) is 11.4. The third-order valence-electron chi connectivity index (χ3n) is 2.23. The molecule has 84 valence electrons. The molecule has 3 nitrogen and oxygen atoms in total. The number of nitrogens with zero attached hydrogens (tertiary/aromatic N) is 1. The minimum atomic E-state index is -0.124. The predicted octanol–water partition coefficient (Wildman–Crippen LogP) is 2.60. The van der Waals surface area contributed by atoms with E-state index in [2.05, 4.69) is 10.3 Å². The van der Waals surface area contributed by atoms with Gasteiger partial charge in [0.2, 0.25) is 0 Å². The molecule has 0 bridgehead atoms. The minimum Gasteiger partial charge on any atom is -0.394 e. The van der Waals surface area contributed by atoms with Gasteiger partial charge < -0.3 is 10.4 Å². The van der Waals surface area contributed by atoms with Crippen LogP contribution in [0, 0.1) is 6.92 Å². The van der Waals surface area contributed by atoms with Crippen molar-refractivity contribution in [3.8, 4) is 0 Å². The SMILES string of the molecule is Cc1csc(C(CO)Nc2ccccc2)n1. The van der Waals surface area contributed by atoms with Crippen molar-refractivity contribution in [3.63, 3.8) is 0 Å². The van der Waals surface area contributed by atoms with Gasteiger partial charge in [-0.15, -0.1) is 11.3 Å². The first-order valence-corrected chi connectivity index (χ1v) is 6.02. The maximum absolute atomic E-state index is 9.35. The standard InChI is InChI=1S/C12H14N2OS/c1-9-8-16-12(13-9)11(7-15)14-10-5-3-2-4-6-10/h2-6,8,11,14-15H,7H2,1H3. The number of thiazole rings is 1. The molecule has 0 aliphatic heterocycles. The zero-order valence-electron chi connectivity index (χ0n) is 9.05. The van der Waals surface area contributed by atoms with E-state index in [-0.39, 0.29) is 12.6 Å². The van der Waals surface area contributed by atoms with E-state index in [1.807, 2.05) is 42.6 Å². The molecule has 2 N–H and O–H groups in total. The summed E-state index contributed by atoms with van der Waals surface area (Å²) in [5.74, 6) is 0. The van der Waals surface area contributed by atoms with E-state index in [1.165, 1.54) is 0 Å². The van der Waals surface area contributed by atoms with Crippen molar-refractivity contribution in [1.29, 1.82) is 0 Å². The Bertz CT molecular complexity index is 441. The Morgan fingerprint density at radius 1 is 1.38 bits per heavy atom. The van der Waals surface area contributed by atoms with Gasteiger partial charge in [0.05, 0.1) is 6.61 Å². The summed E-state index contributed by atoms with van der Waals surface area (Å²) in [5, 5.41) is 15.5. The van der Waals surface area contributed by atoms with Gasteiger partial charge in [-0.3, -0.25) is 0 Å². The molecule has 0 radical (unpaired) electrons. The Morgan fingerprint density at radius 3 is 2.69 bits per heavy atom. The zero-order valence-corrected chi connectivity index (χ0v) is 9.87. The largest absolute Gasteiger partial charge is 0.394 e. The van der Waals surface area contributed by atoms with Crippen molar-refractivity contribution < 1.29 is 5.11 Å². The van der Waals surface area contributed by atoms with E-state index >= 15 is 0 Å². The average Bonchev–Trinajstić information content (AvgIpc) is 2.74. The van der Waals surface area contributed by atoms with Crippen molar-refractivity contribution in [2.45, 2.75) is 13.0 Å². The highest BCUT2D eigenvalue weighted by molar-refractivity contribution is 7.09. The fraction of sp³-hybridized carbons (Fsp3) is 0.250. The molecule has 0 spiro atoms. The van der Waals surface area contributed by atoms with E-state index in [0.717, 1.165) is 16.4 Å². The molecule has 0 amide bonds. The summed E-state index contributed by atoms with van der Waals surface area (Å²) in [6, 6.07) is 9.72. The highest BCUT2D eigenvalue weighted by Crippen LogP contribution is 2.22. The fourth-order valence-corrected chi connectivity index (χ4v) is 2.29. The molecule has 0 aliphatic carbocycles. The van der Waals surface area contributed by atoms with Crippen LogP contribution in [-0.4, -0.2) is 16.7 Å². The molecule has 0 fully saturated rings. The quantitative estimate of drug-likeness (QED) is 0.854. The Labute approximate surface area is 98.8 Å². The van der Waals surface area contributed by atoms with E-state index in [9.17, 15) is 5.11 Å². The van der Waals surface area contributed by atoms with Gasteiger partial charge in [-0.1, -0.05) is 18.2 Å². The van der Waals surface area contributed by atoms with Gasteiger partial charge in [-0.25, -0.2) is 4.98 Å². The molecule has 16 heavy (non-hydrogen) atoms. The summed E-state index contributed by atoms with van der Waals surface area (Å²) in [6.07, 6.45) is 0. The number of aliphatic hydroxyl groups is 1. The van der Waals surface area contributed by atoms with Crippen molar-refractivity contribution in [2.24, 2.45) is 0 Å². The van der Waals surface area contributed by atoms with Crippen LogP contribution in [0.4, 0.5) is 5.69 Å². The molecule has 1 atom stereocenters. The maximum Gasteiger partial charge on any atom is 0.118 e. The number of benzene rings is 1. The van der Waals surface area contributed by atoms with Crippen LogP contribution >= 0.6 is 11.3 Å². The number of rotatable bonds is 4. The fourth-order valence-electron chi connectivity index (χ4n) is 1.45. The maximum atomic E-state index is 9.35. The van der Waals surface area contributed by atoms with E-state index in [4.69, 9.17) is 0 Å². The number of hydrogen-bond acceptors (Lipinski definition) is 4. The number of nitrogens with one attached hydrogen (secondary N) is 1. The summed E-state index contributed by atoms with van der Waals surface area (Å²) in [7, 11) is 0. The van der Waals surface area contributed by atoms with Crippen LogP contribution in [0.5, 0.6) is 0 Å². The second-order valence-corrected chi connectivity index (χ2v) is 4.46. The molecular weight excluding hydrogens is 220 g/mol. The molecule has 0 aliphatic rings. The number of aryl methyl sites for hydroxylation is 1. The lowest BCUT2D eigenvalue weighted by Gasteiger charge is -2.14. The summed E-state index contributed by atoms with van der Waals surface area (Å²) in [6.45, 7) is 2.00. The van der Waals surface area contributed by atoms with Gasteiger partial charge in [0.15, 0.2) is 0 Å². The molecule has 4 heteroatoms. The molecule has 2 aromatic rings. The number of aliphatic hydroxyl groups excluding tert-OH is 1. The van der Waals surface area contributed by atoms with Crippen molar-refractivity contribution in [3.05, 3.63) is 46.4 Å². The summed E-state index contributed by atoms with van der Waals surface area (Å²) < 4.78 is 0. The normalized spacial score (nSPS) is 12.4. The number of hydrogen-bond donors (Lipinski definition) is 2. The second-order valence-electron chi connectivity index (χ2n) is 3.57. The van der Waals surface area contributed by atoms with E-state index in [0.29, 0.717) is 0 Å². The van der Waals surface area contributed by atoms with Crippen LogP contribution in [-0.2, 0) is 0 Å². The molecule has 0 saturated carbocycles. The monoisotopic (exact) mass is 234 g/mol. The predicted molar refractivity (Wildman–Crippen MR) is 66.7 cm³/mol. The Morgan fingerprint density at radius 2 is 2.12 bits per heavy atom. The highest BCUT2D eigenvalue weighted by Gasteiger charge is 2.13. The smallest absolute Gasteiger partial charge is 0.118 e. The van der Waals surface area contributed by atoms with E-state index < -0.39 is 0 Å². The summed E-state index contributed by atoms with van der Waals surface area (Å²) in [5.41, 5.74) is 1.99. The molecule has 2 rings (SSSR count). The highest BCUT2D eigenvalue weighted by atomic mass is 32.1. The first-order valence-electron chi connectivity index (χ1n) is 5.14. The molecule has 1 unspecified atom stereocenters. The van der Waals surface area contributed by atoms with Crippen LogP contribution in [0.25, 0.3) is 0 Å². The van der Waals surface area contributed by atoms with Gasteiger partial charge >= 0.3 is 0 Å². The van der Waals surface area contributed by atoms with Crippen molar-refractivity contribution in [1.82, 2.24) is 4.98 Å². The topological polar surface area (TPSA) is 45.1 Å². The van der Waals surface area contributed by atoms with Gasteiger partial charge in [0, 0.05) is 16.8 Å². The van der Waals surface area contributed by atoms with Gasteiger partial charge in [-0.2, -0.15) is 0 Å². The van der Waals surface area contributed by atoms with Crippen LogP contribution in [0.15, 0.2) is 35.7 Å². The Hall–Kier alpha value is -1.39. The second kappa shape index (κ2) is 5.09. The lowest BCUT2D eigenvalue weighted by atomic mass is 10.2. The first-order chi connectivity index (χ1) is 7.79. The van der Waals surface area contributed by atoms with Crippen molar-refractivity contribution in [2.75, 3.05) is 11.9 Å². The molecule has 1 aromatic heterocycles. The van der Waals surface area contributed by atoms with Crippen molar-refractivity contribution >= 4 is 17.0 Å². The lowest BCUT2D eigenvalue weighted by molar-refractivity contribution is 0.276. The third-order valence-corrected chi connectivity index (χ3v) is 3.31. The molecule has 1 aromatic carbocycles. The summed E-state index contributed by atoms with van der Waals surface area (Å²) in [4.78, 5) is 4.37. The average molecular weight is 234 g/mol. The van der Waals surface area contributed by atoms with Crippen LogP contribution in [0.3, 0.4) is 0 Å². The number of anilines is 1. The van der Waals surface area contributed by atoms with Gasteiger partial charge in [0.25, 0.3) is 0 Å². The molecule has 1 heterocycles. The Kier molecular flexibility index (Phi) is 3.54. The Balaban J connectivity index is 2.12. The van der Waals surface area contributed by atoms with E-state index in [1.54, 1.807) is 11.3 Å². The van der Waals surface area contributed by atoms with Crippen LogP contribution in [0.2, 0.25) is 0 Å². The minimum absolute atomic E-state index is 0.0435. The summed E-state index contributed by atoms with van der Waals surface area (Å²) >= 11 is 1.57. The van der Waals surface area contributed by atoms with Crippen LogP contribution < -0.4 is 5.32 Å². The van der Waals surface area contributed by atoms with Gasteiger partial charge in [-0.05, 0) is 19.1 Å². The molecular formula is C12H14N2OS. The van der Waals surface area contributed by atoms with Crippen LogP contribution in [0.1, 0.15) is 16.7 Å². The molecule has 0 saturated heterocycles.